The number of nitrogens with zero attached hydrogens (tertiary/aromatic N) is 3. The second-order valence-corrected chi connectivity index (χ2v) is 4.35. The molecule has 0 saturated carbocycles. The molecule has 0 unspecified atom stereocenters. The van der Waals surface area contributed by atoms with Gasteiger partial charge in [-0.25, -0.2) is 9.78 Å². The SMILES string of the molecule is CCOC(=O)c1ccc(NCCc2cnn(C)c2)nc1. The Morgan fingerprint density at radius 1 is 1.40 bits per heavy atom. The van der Waals surface area contributed by atoms with E-state index >= 15 is 0 Å². The van der Waals surface area contributed by atoms with Crippen molar-refractivity contribution in [3.63, 3.8) is 0 Å². The monoisotopic (exact) mass is 274 g/mol. The van der Waals surface area contributed by atoms with Crippen molar-refractivity contribution < 1.29 is 9.53 Å². The van der Waals surface area contributed by atoms with E-state index in [-0.39, 0.29) is 5.97 Å². The molecule has 0 aliphatic carbocycles. The van der Waals surface area contributed by atoms with Gasteiger partial charge in [0.15, 0.2) is 0 Å². The summed E-state index contributed by atoms with van der Waals surface area (Å²) in [6.45, 7) is 2.90. The minimum absolute atomic E-state index is 0.345. The molecule has 1 N–H and O–H groups in total. The lowest BCUT2D eigenvalue weighted by atomic mass is 10.2. The van der Waals surface area contributed by atoms with Crippen molar-refractivity contribution in [2.24, 2.45) is 7.05 Å². The highest BCUT2D eigenvalue weighted by molar-refractivity contribution is 5.89. The van der Waals surface area contributed by atoms with Crippen molar-refractivity contribution in [3.8, 4) is 0 Å². The fourth-order valence-corrected chi connectivity index (χ4v) is 1.77. The molecule has 2 aromatic heterocycles. The fraction of sp³-hybridized carbons (Fsp3) is 0.357. The van der Waals surface area contributed by atoms with Gasteiger partial charge in [0.05, 0.1) is 18.4 Å². The minimum Gasteiger partial charge on any atom is -0.462 e. The summed E-state index contributed by atoms with van der Waals surface area (Å²) in [5, 5.41) is 7.31. The Bertz CT molecular complexity index is 563. The molecule has 0 aliphatic rings. The third-order valence-electron chi connectivity index (χ3n) is 2.75. The van der Waals surface area contributed by atoms with E-state index in [0.29, 0.717) is 12.2 Å². The molecule has 0 bridgehead atoms. The standard InChI is InChI=1S/C14H18N4O2/c1-3-20-14(19)12-4-5-13(16-9-12)15-7-6-11-8-17-18(2)10-11/h4-5,8-10H,3,6-7H2,1-2H3,(H,15,16). The number of esters is 1. The van der Waals surface area contributed by atoms with Crippen LogP contribution in [-0.2, 0) is 18.2 Å². The highest BCUT2D eigenvalue weighted by Gasteiger charge is 2.06. The highest BCUT2D eigenvalue weighted by atomic mass is 16.5. The first kappa shape index (κ1) is 14.0. The maximum atomic E-state index is 11.5. The third kappa shape index (κ3) is 3.81. The van der Waals surface area contributed by atoms with Crippen LogP contribution in [0, 0.1) is 0 Å². The Balaban J connectivity index is 1.83. The number of carbonyl (C=O) groups excluding carboxylic acids is 1. The number of aromatic nitrogens is 3. The normalized spacial score (nSPS) is 10.3. The molecule has 106 valence electrons. The van der Waals surface area contributed by atoms with Gasteiger partial charge in [0, 0.05) is 26.0 Å². The Kier molecular flexibility index (Phi) is 4.70. The van der Waals surface area contributed by atoms with Crippen LogP contribution in [0.25, 0.3) is 0 Å². The number of carbonyl (C=O) groups is 1. The van der Waals surface area contributed by atoms with Crippen molar-refractivity contribution >= 4 is 11.8 Å². The van der Waals surface area contributed by atoms with E-state index in [4.69, 9.17) is 4.74 Å². The van der Waals surface area contributed by atoms with Crippen molar-refractivity contribution in [1.82, 2.24) is 14.8 Å². The quantitative estimate of drug-likeness (QED) is 0.811. The van der Waals surface area contributed by atoms with Gasteiger partial charge in [-0.3, -0.25) is 4.68 Å². The number of nitrogens with one attached hydrogen (secondary N) is 1. The molecule has 2 rings (SSSR count). The molecule has 0 fully saturated rings. The van der Waals surface area contributed by atoms with Gasteiger partial charge in [0.1, 0.15) is 5.82 Å². The molecule has 0 amide bonds. The average Bonchev–Trinajstić information content (AvgIpc) is 2.85. The number of hydrogen-bond donors (Lipinski definition) is 1. The molecule has 6 nitrogen and oxygen atoms in total. The smallest absolute Gasteiger partial charge is 0.339 e. The van der Waals surface area contributed by atoms with Gasteiger partial charge in [0.2, 0.25) is 0 Å². The van der Waals surface area contributed by atoms with E-state index in [9.17, 15) is 4.79 Å². The zero-order valence-electron chi connectivity index (χ0n) is 11.7. The largest absolute Gasteiger partial charge is 0.462 e. The lowest BCUT2D eigenvalue weighted by Crippen LogP contribution is -2.08. The van der Waals surface area contributed by atoms with Crippen molar-refractivity contribution in [2.75, 3.05) is 18.5 Å². The Morgan fingerprint density at radius 2 is 2.25 bits per heavy atom. The maximum Gasteiger partial charge on any atom is 0.339 e. The van der Waals surface area contributed by atoms with Crippen LogP contribution in [0.4, 0.5) is 5.82 Å². The Hall–Kier alpha value is -2.37. The van der Waals surface area contributed by atoms with Crippen LogP contribution in [0.3, 0.4) is 0 Å². The molecule has 0 radical (unpaired) electrons. The Morgan fingerprint density at radius 3 is 2.85 bits per heavy atom. The molecule has 0 aliphatic heterocycles. The van der Waals surface area contributed by atoms with E-state index in [2.05, 4.69) is 15.4 Å². The molecule has 20 heavy (non-hydrogen) atoms. The summed E-state index contributed by atoms with van der Waals surface area (Å²) >= 11 is 0. The number of ether oxygens (including phenoxy) is 1. The molecule has 2 aromatic rings. The molecule has 0 saturated heterocycles. The maximum absolute atomic E-state index is 11.5. The molecular formula is C14H18N4O2. The van der Waals surface area contributed by atoms with Crippen LogP contribution in [-0.4, -0.2) is 33.9 Å². The number of rotatable bonds is 6. The van der Waals surface area contributed by atoms with E-state index in [1.807, 2.05) is 19.4 Å². The van der Waals surface area contributed by atoms with Crippen LogP contribution in [0.1, 0.15) is 22.8 Å². The second kappa shape index (κ2) is 6.70. The first-order chi connectivity index (χ1) is 9.69. The Labute approximate surface area is 117 Å². The van der Waals surface area contributed by atoms with Gasteiger partial charge in [-0.2, -0.15) is 5.10 Å². The summed E-state index contributed by atoms with van der Waals surface area (Å²) in [7, 11) is 1.90. The zero-order valence-corrected chi connectivity index (χ0v) is 11.7. The summed E-state index contributed by atoms with van der Waals surface area (Å²) in [4.78, 5) is 15.7. The van der Waals surface area contributed by atoms with Gasteiger partial charge in [-0.1, -0.05) is 0 Å². The summed E-state index contributed by atoms with van der Waals surface area (Å²) in [6.07, 6.45) is 6.22. The van der Waals surface area contributed by atoms with E-state index in [0.717, 1.165) is 18.8 Å². The number of aryl methyl sites for hydroxylation is 1. The topological polar surface area (TPSA) is 69.0 Å². The first-order valence-corrected chi connectivity index (χ1v) is 6.53. The summed E-state index contributed by atoms with van der Waals surface area (Å²) in [5.41, 5.74) is 1.63. The highest BCUT2D eigenvalue weighted by Crippen LogP contribution is 2.07. The van der Waals surface area contributed by atoms with E-state index in [1.165, 1.54) is 11.8 Å². The second-order valence-electron chi connectivity index (χ2n) is 4.35. The van der Waals surface area contributed by atoms with Gasteiger partial charge < -0.3 is 10.1 Å². The zero-order chi connectivity index (χ0) is 14.4. The predicted molar refractivity (Wildman–Crippen MR) is 75.6 cm³/mol. The fourth-order valence-electron chi connectivity index (χ4n) is 1.77. The molecular weight excluding hydrogens is 256 g/mol. The van der Waals surface area contributed by atoms with Crippen LogP contribution < -0.4 is 5.32 Å². The number of anilines is 1. The minimum atomic E-state index is -0.345. The lowest BCUT2D eigenvalue weighted by molar-refractivity contribution is 0.0526. The molecule has 2 heterocycles. The van der Waals surface area contributed by atoms with Crippen LogP contribution >= 0.6 is 0 Å². The van der Waals surface area contributed by atoms with Crippen molar-refractivity contribution in [1.29, 1.82) is 0 Å². The summed E-state index contributed by atoms with van der Waals surface area (Å²) in [5.74, 6) is 0.392. The van der Waals surface area contributed by atoms with E-state index in [1.54, 1.807) is 23.7 Å². The van der Waals surface area contributed by atoms with Crippen molar-refractivity contribution in [2.45, 2.75) is 13.3 Å². The third-order valence-corrected chi connectivity index (χ3v) is 2.75. The van der Waals surface area contributed by atoms with Crippen LogP contribution in [0.5, 0.6) is 0 Å². The number of pyridine rings is 1. The van der Waals surface area contributed by atoms with Crippen LogP contribution in [0.15, 0.2) is 30.7 Å². The van der Waals surface area contributed by atoms with Crippen LogP contribution in [0.2, 0.25) is 0 Å². The summed E-state index contributed by atoms with van der Waals surface area (Å²) < 4.78 is 6.68. The van der Waals surface area contributed by atoms with Gasteiger partial charge in [-0.05, 0) is 31.0 Å². The molecule has 6 heteroatoms. The van der Waals surface area contributed by atoms with Crippen molar-refractivity contribution in [3.05, 3.63) is 41.9 Å². The average molecular weight is 274 g/mol. The molecule has 0 aromatic carbocycles. The molecule has 0 spiro atoms. The first-order valence-electron chi connectivity index (χ1n) is 6.53. The predicted octanol–water partition coefficient (Wildman–Crippen LogP) is 1.65. The lowest BCUT2D eigenvalue weighted by Gasteiger charge is -2.05. The number of hydrogen-bond acceptors (Lipinski definition) is 5. The molecule has 0 atom stereocenters. The van der Waals surface area contributed by atoms with Gasteiger partial charge in [0.25, 0.3) is 0 Å². The van der Waals surface area contributed by atoms with E-state index < -0.39 is 0 Å². The summed E-state index contributed by atoms with van der Waals surface area (Å²) in [6, 6.07) is 3.48. The van der Waals surface area contributed by atoms with Gasteiger partial charge in [-0.15, -0.1) is 0 Å². The van der Waals surface area contributed by atoms with Gasteiger partial charge >= 0.3 is 5.97 Å².